The molecule has 1 aliphatic rings. The molecule has 0 spiro atoms. The molecule has 9 heteroatoms. The number of piperidine rings is 1. The minimum absolute atomic E-state index is 0.0265. The lowest BCUT2D eigenvalue weighted by atomic mass is 9.81. The van der Waals surface area contributed by atoms with Gasteiger partial charge in [-0.3, -0.25) is 14.9 Å². The molecule has 218 valence electrons. The predicted octanol–water partition coefficient (Wildman–Crippen LogP) is 5.49. The summed E-state index contributed by atoms with van der Waals surface area (Å²) in [5.74, 6) is 1.36. The van der Waals surface area contributed by atoms with Gasteiger partial charge in [0.25, 0.3) is 0 Å². The van der Waals surface area contributed by atoms with E-state index in [9.17, 15) is 14.7 Å². The average molecular weight is 561 g/mol. The van der Waals surface area contributed by atoms with Crippen molar-refractivity contribution in [2.75, 3.05) is 29.9 Å². The molecule has 0 aliphatic carbocycles. The Morgan fingerprint density at radius 2 is 1.76 bits per heavy atom. The van der Waals surface area contributed by atoms with Gasteiger partial charge >= 0.3 is 5.97 Å². The third-order valence-corrected chi connectivity index (χ3v) is 7.48. The van der Waals surface area contributed by atoms with Crippen LogP contribution in [0.1, 0.15) is 58.6 Å². The number of ether oxygens (including phenoxy) is 2. The molecule has 9 nitrogen and oxygen atoms in total. The smallest absolute Gasteiger partial charge is 0.309 e. The van der Waals surface area contributed by atoms with Crippen molar-refractivity contribution in [3.63, 3.8) is 0 Å². The van der Waals surface area contributed by atoms with Crippen molar-refractivity contribution in [1.29, 1.82) is 0 Å². The summed E-state index contributed by atoms with van der Waals surface area (Å²) in [6, 6.07) is 17.1. The summed E-state index contributed by atoms with van der Waals surface area (Å²) in [7, 11) is 0. The maximum Gasteiger partial charge on any atom is 0.309 e. The Bertz CT molecular complexity index is 1360. The van der Waals surface area contributed by atoms with Crippen LogP contribution in [0.3, 0.4) is 0 Å². The molecule has 0 bridgehead atoms. The van der Waals surface area contributed by atoms with E-state index in [1.165, 1.54) is 0 Å². The second kappa shape index (κ2) is 12.6. The number of carboxylic acids is 1. The van der Waals surface area contributed by atoms with Crippen LogP contribution in [0, 0.1) is 5.41 Å². The number of carboxylic acid groups (broad SMARTS) is 1. The number of carbonyl (C=O) groups excluding carboxylic acids is 1. The van der Waals surface area contributed by atoms with Crippen LogP contribution < -0.4 is 19.7 Å². The van der Waals surface area contributed by atoms with Crippen LogP contribution in [0.5, 0.6) is 11.5 Å². The molecule has 1 unspecified atom stereocenters. The van der Waals surface area contributed by atoms with Crippen molar-refractivity contribution >= 4 is 23.6 Å². The second-order valence-electron chi connectivity index (χ2n) is 11.6. The van der Waals surface area contributed by atoms with Crippen LogP contribution in [-0.4, -0.2) is 52.8 Å². The van der Waals surface area contributed by atoms with Gasteiger partial charge in [-0.2, -0.15) is 4.98 Å². The summed E-state index contributed by atoms with van der Waals surface area (Å²) in [6.45, 7) is 11.1. The van der Waals surface area contributed by atoms with Gasteiger partial charge in [-0.1, -0.05) is 36.4 Å². The minimum atomic E-state index is -0.870. The van der Waals surface area contributed by atoms with Crippen molar-refractivity contribution in [2.45, 2.75) is 65.4 Å². The van der Waals surface area contributed by atoms with E-state index in [0.29, 0.717) is 19.6 Å². The van der Waals surface area contributed by atoms with E-state index < -0.39 is 16.8 Å². The summed E-state index contributed by atoms with van der Waals surface area (Å²) in [5.41, 5.74) is -0.0198. The molecule has 2 heterocycles. The third-order valence-electron chi connectivity index (χ3n) is 7.48. The predicted molar refractivity (Wildman–Crippen MR) is 159 cm³/mol. The van der Waals surface area contributed by atoms with Crippen LogP contribution in [0.15, 0.2) is 60.8 Å². The first-order valence-corrected chi connectivity index (χ1v) is 14.1. The topological polar surface area (TPSA) is 114 Å². The quantitative estimate of drug-likeness (QED) is 0.316. The maximum absolute atomic E-state index is 13.4. The lowest BCUT2D eigenvalue weighted by Crippen LogP contribution is -2.42. The van der Waals surface area contributed by atoms with Gasteiger partial charge in [0.2, 0.25) is 11.9 Å². The zero-order chi connectivity index (χ0) is 29.6. The zero-order valence-electron chi connectivity index (χ0n) is 24.5. The number of nitrogens with zero attached hydrogens (tertiary/aromatic N) is 3. The maximum atomic E-state index is 13.4. The molecule has 4 rings (SSSR count). The fourth-order valence-electron chi connectivity index (χ4n) is 4.84. The van der Waals surface area contributed by atoms with Crippen molar-refractivity contribution in [2.24, 2.45) is 5.41 Å². The van der Waals surface area contributed by atoms with Crippen molar-refractivity contribution in [3.05, 3.63) is 71.9 Å². The molecule has 1 fully saturated rings. The number of anilines is 2. The fourth-order valence-corrected chi connectivity index (χ4v) is 4.84. The summed E-state index contributed by atoms with van der Waals surface area (Å²) in [5, 5.41) is 12.3. The number of rotatable bonds is 11. The van der Waals surface area contributed by atoms with Crippen LogP contribution in [-0.2, 0) is 21.4 Å². The second-order valence-corrected chi connectivity index (χ2v) is 11.6. The number of hydrogen-bond donors (Lipinski definition) is 2. The third kappa shape index (κ3) is 7.34. The molecule has 2 N–H and O–H groups in total. The highest BCUT2D eigenvalue weighted by atomic mass is 16.5. The minimum Gasteiger partial charge on any atom is -0.490 e. The lowest BCUT2D eigenvalue weighted by Gasteiger charge is -2.34. The van der Waals surface area contributed by atoms with Gasteiger partial charge in [0.15, 0.2) is 11.5 Å². The summed E-state index contributed by atoms with van der Waals surface area (Å²) >= 11 is 0. The van der Waals surface area contributed by atoms with Crippen molar-refractivity contribution in [1.82, 2.24) is 9.97 Å². The van der Waals surface area contributed by atoms with Gasteiger partial charge in [0.1, 0.15) is 11.9 Å². The Kier molecular flexibility index (Phi) is 9.15. The van der Waals surface area contributed by atoms with E-state index in [-0.39, 0.29) is 18.0 Å². The summed E-state index contributed by atoms with van der Waals surface area (Å²) in [6.07, 6.45) is 3.89. The van der Waals surface area contributed by atoms with Crippen LogP contribution in [0.25, 0.3) is 0 Å². The summed E-state index contributed by atoms with van der Waals surface area (Å²) < 4.78 is 12.0. The Labute approximate surface area is 241 Å². The molecule has 2 aromatic carbocycles. The van der Waals surface area contributed by atoms with E-state index in [1.807, 2.05) is 75.4 Å². The number of aromatic nitrogens is 2. The van der Waals surface area contributed by atoms with Crippen LogP contribution in [0.2, 0.25) is 0 Å². The van der Waals surface area contributed by atoms with E-state index in [4.69, 9.17) is 9.47 Å². The molecule has 41 heavy (non-hydrogen) atoms. The SMILES string of the molecule is CCOc1ccccc1OC1CCCN(c2ccnc(NC(=O)C(C)(C)c3ccc(CC(C)(C)C(=O)O)cc3)n2)C1. The molecule has 3 aromatic rings. The Morgan fingerprint density at radius 3 is 2.44 bits per heavy atom. The normalized spacial score (nSPS) is 15.7. The molecular formula is C32H40N4O5. The van der Waals surface area contributed by atoms with Gasteiger partial charge < -0.3 is 19.5 Å². The van der Waals surface area contributed by atoms with Gasteiger partial charge in [-0.05, 0) is 83.2 Å². The number of hydrogen-bond acceptors (Lipinski definition) is 7. The molecule has 1 aliphatic heterocycles. The molecule has 0 saturated carbocycles. The Morgan fingerprint density at radius 1 is 1.05 bits per heavy atom. The van der Waals surface area contributed by atoms with Gasteiger partial charge in [-0.15, -0.1) is 0 Å². The van der Waals surface area contributed by atoms with Crippen molar-refractivity contribution in [3.8, 4) is 11.5 Å². The molecular weight excluding hydrogens is 520 g/mol. The van der Waals surface area contributed by atoms with Crippen LogP contribution >= 0.6 is 0 Å². The number of nitrogens with one attached hydrogen (secondary N) is 1. The first kappa shape index (κ1) is 29.8. The van der Waals surface area contributed by atoms with Crippen LogP contribution in [0.4, 0.5) is 11.8 Å². The Hall–Kier alpha value is -4.14. The monoisotopic (exact) mass is 560 g/mol. The van der Waals surface area contributed by atoms with E-state index in [0.717, 1.165) is 47.8 Å². The number of aliphatic carboxylic acids is 1. The average Bonchev–Trinajstić information content (AvgIpc) is 2.94. The highest BCUT2D eigenvalue weighted by molar-refractivity contribution is 5.97. The largest absolute Gasteiger partial charge is 0.490 e. The summed E-state index contributed by atoms with van der Waals surface area (Å²) in [4.78, 5) is 35.9. The molecule has 1 aromatic heterocycles. The lowest BCUT2D eigenvalue weighted by molar-refractivity contribution is -0.146. The molecule has 1 amide bonds. The zero-order valence-corrected chi connectivity index (χ0v) is 24.5. The standard InChI is InChI=1S/C32H40N4O5/c1-6-40-25-11-7-8-12-26(25)41-24-10-9-19-36(21-24)27-17-18-33-30(34-27)35-28(37)32(4,5)23-15-13-22(14-16-23)20-31(2,3)29(38)39/h7-8,11-18,24H,6,9-10,19-21H2,1-5H3,(H,38,39)(H,33,34,35,37). The van der Waals surface area contributed by atoms with Gasteiger partial charge in [0.05, 0.1) is 24.0 Å². The highest BCUT2D eigenvalue weighted by Crippen LogP contribution is 2.31. The number of benzene rings is 2. The highest BCUT2D eigenvalue weighted by Gasteiger charge is 2.32. The molecule has 1 atom stereocenters. The van der Waals surface area contributed by atoms with Gasteiger partial charge in [-0.25, -0.2) is 4.98 Å². The number of para-hydroxylation sites is 2. The fraction of sp³-hybridized carbons (Fsp3) is 0.438. The first-order valence-electron chi connectivity index (χ1n) is 14.1. The van der Waals surface area contributed by atoms with E-state index in [2.05, 4.69) is 20.2 Å². The number of carbonyl (C=O) groups is 2. The molecule has 1 saturated heterocycles. The van der Waals surface area contributed by atoms with Crippen molar-refractivity contribution < 1.29 is 24.2 Å². The Balaban J connectivity index is 1.41. The van der Waals surface area contributed by atoms with Gasteiger partial charge in [0, 0.05) is 12.7 Å². The van der Waals surface area contributed by atoms with E-state index >= 15 is 0 Å². The molecule has 0 radical (unpaired) electrons. The van der Waals surface area contributed by atoms with E-state index in [1.54, 1.807) is 20.0 Å². The first-order chi connectivity index (χ1) is 19.5. The number of amides is 1.